The Kier molecular flexibility index (Phi) is 5.32. The zero-order chi connectivity index (χ0) is 12.3. The molecule has 92 valence electrons. The molecule has 0 heterocycles. The first-order chi connectivity index (χ1) is 6.62. The summed E-state index contributed by atoms with van der Waals surface area (Å²) in [6, 6.07) is 0. The third-order valence-corrected chi connectivity index (χ3v) is 3.00. The first kappa shape index (κ1) is 15.0. The smallest absolute Gasteiger partial charge is 0.0624 e. The van der Waals surface area contributed by atoms with Crippen LogP contribution in [0.4, 0.5) is 0 Å². The lowest BCUT2D eigenvalue weighted by atomic mass is 9.84. The van der Waals surface area contributed by atoms with Gasteiger partial charge in [-0.3, -0.25) is 0 Å². The van der Waals surface area contributed by atoms with Gasteiger partial charge in [0.2, 0.25) is 0 Å². The predicted molar refractivity (Wildman–Crippen MR) is 68.2 cm³/mol. The Balaban J connectivity index is 4.52. The minimum Gasteiger partial charge on any atom is -0.374 e. The first-order valence-corrected chi connectivity index (χ1v) is 6.28. The van der Waals surface area contributed by atoms with Gasteiger partial charge in [-0.25, -0.2) is 0 Å². The molecule has 0 amide bonds. The summed E-state index contributed by atoms with van der Waals surface area (Å²) in [5.41, 5.74) is 0.487. The van der Waals surface area contributed by atoms with E-state index in [1.807, 2.05) is 0 Å². The van der Waals surface area contributed by atoms with E-state index in [-0.39, 0.29) is 10.8 Å². The molecule has 0 aliphatic carbocycles. The number of hydrogen-bond acceptors (Lipinski definition) is 1. The Bertz CT molecular complexity index is 151. The third-order valence-electron chi connectivity index (χ3n) is 3.00. The summed E-state index contributed by atoms with van der Waals surface area (Å²) in [6.07, 6.45) is 2.91. The molecule has 0 aromatic heterocycles. The zero-order valence-corrected chi connectivity index (χ0v) is 12.0. The van der Waals surface area contributed by atoms with Gasteiger partial charge in [-0.2, -0.15) is 0 Å². The SMILES string of the molecule is CCC(OC(CC)C(C)(C)C)C(C)(C)C. The van der Waals surface area contributed by atoms with Gasteiger partial charge in [0, 0.05) is 0 Å². The van der Waals surface area contributed by atoms with Crippen molar-refractivity contribution >= 4 is 0 Å². The maximum absolute atomic E-state index is 6.28. The second-order valence-corrected chi connectivity index (χ2v) is 6.66. The molecule has 0 aromatic rings. The van der Waals surface area contributed by atoms with Crippen LogP contribution in [-0.4, -0.2) is 12.2 Å². The molecule has 0 bridgehead atoms. The van der Waals surface area contributed by atoms with Crippen LogP contribution in [0.15, 0.2) is 0 Å². The normalized spacial score (nSPS) is 17.6. The molecule has 0 saturated carbocycles. The second kappa shape index (κ2) is 5.34. The molecule has 2 atom stereocenters. The molecular weight excluding hydrogens is 184 g/mol. The molecule has 0 rings (SSSR count). The average Bonchev–Trinajstić information content (AvgIpc) is 2.01. The first-order valence-electron chi connectivity index (χ1n) is 6.28. The van der Waals surface area contributed by atoms with E-state index in [0.29, 0.717) is 12.2 Å². The highest BCUT2D eigenvalue weighted by Crippen LogP contribution is 2.32. The van der Waals surface area contributed by atoms with Gasteiger partial charge in [0.1, 0.15) is 0 Å². The molecule has 0 spiro atoms. The number of ether oxygens (including phenoxy) is 1. The van der Waals surface area contributed by atoms with Gasteiger partial charge in [-0.05, 0) is 23.7 Å². The van der Waals surface area contributed by atoms with E-state index < -0.39 is 0 Å². The van der Waals surface area contributed by atoms with Gasteiger partial charge in [-0.15, -0.1) is 0 Å². The van der Waals surface area contributed by atoms with E-state index in [9.17, 15) is 0 Å². The van der Waals surface area contributed by atoms with Crippen LogP contribution in [0.1, 0.15) is 68.2 Å². The van der Waals surface area contributed by atoms with Crippen molar-refractivity contribution in [3.8, 4) is 0 Å². The topological polar surface area (TPSA) is 9.23 Å². The minimum absolute atomic E-state index is 0.243. The lowest BCUT2D eigenvalue weighted by Crippen LogP contribution is -2.38. The molecule has 15 heavy (non-hydrogen) atoms. The van der Waals surface area contributed by atoms with Gasteiger partial charge in [0.05, 0.1) is 12.2 Å². The van der Waals surface area contributed by atoms with Crippen LogP contribution in [0.3, 0.4) is 0 Å². The van der Waals surface area contributed by atoms with Gasteiger partial charge in [0.15, 0.2) is 0 Å². The fraction of sp³-hybridized carbons (Fsp3) is 1.00. The fourth-order valence-electron chi connectivity index (χ4n) is 2.02. The zero-order valence-electron chi connectivity index (χ0n) is 12.0. The largest absolute Gasteiger partial charge is 0.374 e. The van der Waals surface area contributed by atoms with Crippen molar-refractivity contribution in [2.24, 2.45) is 10.8 Å². The molecular formula is C14H30O. The highest BCUT2D eigenvalue weighted by molar-refractivity contribution is 4.79. The Labute approximate surface area is 96.6 Å². The van der Waals surface area contributed by atoms with E-state index in [1.54, 1.807) is 0 Å². The molecule has 0 aliphatic heterocycles. The van der Waals surface area contributed by atoms with Crippen LogP contribution in [-0.2, 0) is 4.74 Å². The summed E-state index contributed by atoms with van der Waals surface area (Å²) in [7, 11) is 0. The van der Waals surface area contributed by atoms with E-state index in [1.165, 1.54) is 0 Å². The molecule has 0 N–H and O–H groups in total. The van der Waals surface area contributed by atoms with Crippen molar-refractivity contribution in [2.75, 3.05) is 0 Å². The third kappa shape index (κ3) is 5.01. The van der Waals surface area contributed by atoms with Gasteiger partial charge in [0.25, 0.3) is 0 Å². The minimum atomic E-state index is 0.243. The van der Waals surface area contributed by atoms with Crippen molar-refractivity contribution in [1.82, 2.24) is 0 Å². The van der Waals surface area contributed by atoms with E-state index in [4.69, 9.17) is 4.74 Å². The van der Waals surface area contributed by atoms with Crippen molar-refractivity contribution in [3.63, 3.8) is 0 Å². The molecule has 0 aromatic carbocycles. The fourth-order valence-corrected chi connectivity index (χ4v) is 2.02. The van der Waals surface area contributed by atoms with Crippen LogP contribution in [0.5, 0.6) is 0 Å². The van der Waals surface area contributed by atoms with Crippen molar-refractivity contribution in [3.05, 3.63) is 0 Å². The van der Waals surface area contributed by atoms with E-state index in [2.05, 4.69) is 55.4 Å². The highest BCUT2D eigenvalue weighted by atomic mass is 16.5. The quantitative estimate of drug-likeness (QED) is 0.662. The highest BCUT2D eigenvalue weighted by Gasteiger charge is 2.31. The van der Waals surface area contributed by atoms with E-state index >= 15 is 0 Å². The summed E-state index contributed by atoms with van der Waals surface area (Å²) < 4.78 is 6.28. The summed E-state index contributed by atoms with van der Waals surface area (Å²) in [5, 5.41) is 0. The average molecular weight is 214 g/mol. The number of hydrogen-bond donors (Lipinski definition) is 0. The molecule has 1 heteroatoms. The second-order valence-electron chi connectivity index (χ2n) is 6.66. The van der Waals surface area contributed by atoms with Crippen molar-refractivity contribution < 1.29 is 4.74 Å². The van der Waals surface area contributed by atoms with Gasteiger partial charge in [-0.1, -0.05) is 55.4 Å². The lowest BCUT2D eigenvalue weighted by molar-refractivity contribution is -0.108. The molecule has 0 aliphatic rings. The van der Waals surface area contributed by atoms with Gasteiger partial charge < -0.3 is 4.74 Å². The summed E-state index contributed by atoms with van der Waals surface area (Å²) in [6.45, 7) is 18.0. The summed E-state index contributed by atoms with van der Waals surface area (Å²) in [5.74, 6) is 0. The van der Waals surface area contributed by atoms with Crippen LogP contribution in [0.2, 0.25) is 0 Å². The van der Waals surface area contributed by atoms with Crippen molar-refractivity contribution in [2.45, 2.75) is 80.4 Å². The maximum Gasteiger partial charge on any atom is 0.0624 e. The molecule has 0 radical (unpaired) electrons. The Morgan fingerprint density at radius 3 is 1.13 bits per heavy atom. The molecule has 0 fully saturated rings. The van der Waals surface area contributed by atoms with Crippen LogP contribution in [0, 0.1) is 10.8 Å². The molecule has 2 unspecified atom stereocenters. The molecule has 0 saturated heterocycles. The Morgan fingerprint density at radius 1 is 0.733 bits per heavy atom. The van der Waals surface area contributed by atoms with Crippen LogP contribution < -0.4 is 0 Å². The Morgan fingerprint density at radius 2 is 1.00 bits per heavy atom. The predicted octanol–water partition coefficient (Wildman–Crippen LogP) is 4.65. The number of rotatable bonds is 4. The maximum atomic E-state index is 6.28. The van der Waals surface area contributed by atoms with Crippen LogP contribution >= 0.6 is 0 Å². The Hall–Kier alpha value is -0.0400. The summed E-state index contributed by atoms with van der Waals surface area (Å²) in [4.78, 5) is 0. The van der Waals surface area contributed by atoms with E-state index in [0.717, 1.165) is 12.8 Å². The van der Waals surface area contributed by atoms with Gasteiger partial charge >= 0.3 is 0 Å². The van der Waals surface area contributed by atoms with Crippen molar-refractivity contribution in [1.29, 1.82) is 0 Å². The monoisotopic (exact) mass is 214 g/mol. The summed E-state index contributed by atoms with van der Waals surface area (Å²) >= 11 is 0. The lowest BCUT2D eigenvalue weighted by Gasteiger charge is -2.38. The standard InChI is InChI=1S/C14H30O/c1-9-11(13(3,4)5)15-12(10-2)14(6,7)8/h11-12H,9-10H2,1-8H3. The molecule has 1 nitrogen and oxygen atoms in total. The van der Waals surface area contributed by atoms with Crippen LogP contribution in [0.25, 0.3) is 0 Å².